The van der Waals surface area contributed by atoms with Crippen molar-refractivity contribution in [3.63, 3.8) is 0 Å². The summed E-state index contributed by atoms with van der Waals surface area (Å²) in [6, 6.07) is 1.76. The summed E-state index contributed by atoms with van der Waals surface area (Å²) < 4.78 is 5.33. The summed E-state index contributed by atoms with van der Waals surface area (Å²) in [5, 5.41) is 8.93. The molecule has 1 amide bonds. The minimum Gasteiger partial charge on any atom is -0.475 e. The molecule has 0 saturated carbocycles. The summed E-state index contributed by atoms with van der Waals surface area (Å²) in [5.74, 6) is -0.268. The first-order valence-electron chi connectivity index (χ1n) is 6.28. The summed E-state index contributed by atoms with van der Waals surface area (Å²) in [6.07, 6.45) is 0. The van der Waals surface area contributed by atoms with E-state index in [1.54, 1.807) is 19.9 Å². The number of hydrogen-bond acceptors (Lipinski definition) is 4. The monoisotopic (exact) mass is 266 g/mol. The van der Waals surface area contributed by atoms with E-state index in [1.165, 1.54) is 0 Å². The van der Waals surface area contributed by atoms with Gasteiger partial charge in [0.1, 0.15) is 5.76 Å². The van der Waals surface area contributed by atoms with E-state index in [4.69, 9.17) is 9.52 Å². The molecule has 1 aliphatic rings. The van der Waals surface area contributed by atoms with Crippen molar-refractivity contribution in [1.29, 1.82) is 0 Å². The molecule has 1 saturated heterocycles. The van der Waals surface area contributed by atoms with Crippen LogP contribution in [0.5, 0.6) is 0 Å². The Bertz CT molecular complexity index is 487. The van der Waals surface area contributed by atoms with Gasteiger partial charge >= 0.3 is 5.97 Å². The smallest absolute Gasteiger partial charge is 0.372 e. The maximum absolute atomic E-state index is 11.2. The molecule has 0 bridgehead atoms. The molecule has 104 valence electrons. The highest BCUT2D eigenvalue weighted by molar-refractivity contribution is 5.86. The number of aromatic carboxylic acids is 1. The number of hydrogen-bond donors (Lipinski definition) is 1. The molecule has 2 heterocycles. The van der Waals surface area contributed by atoms with Gasteiger partial charge in [-0.3, -0.25) is 9.69 Å². The van der Waals surface area contributed by atoms with Gasteiger partial charge < -0.3 is 14.4 Å². The molecule has 2 rings (SSSR count). The van der Waals surface area contributed by atoms with E-state index < -0.39 is 5.97 Å². The zero-order valence-electron chi connectivity index (χ0n) is 11.2. The number of aryl methyl sites for hydroxylation is 1. The first-order valence-corrected chi connectivity index (χ1v) is 6.28. The van der Waals surface area contributed by atoms with Crippen LogP contribution in [0.3, 0.4) is 0 Å². The average molecular weight is 266 g/mol. The van der Waals surface area contributed by atoms with Gasteiger partial charge in [0.2, 0.25) is 11.7 Å². The molecule has 1 fully saturated rings. The highest BCUT2D eigenvalue weighted by Gasteiger charge is 2.21. The first-order chi connectivity index (χ1) is 8.97. The summed E-state index contributed by atoms with van der Waals surface area (Å²) >= 11 is 0. The summed E-state index contributed by atoms with van der Waals surface area (Å²) in [5.41, 5.74) is 0.643. The molecule has 6 nitrogen and oxygen atoms in total. The molecule has 1 aromatic heterocycles. The molecule has 0 aliphatic carbocycles. The minimum absolute atomic E-state index is 0.0115. The average Bonchev–Trinajstić information content (AvgIpc) is 2.71. The van der Waals surface area contributed by atoms with Crippen LogP contribution in [0.25, 0.3) is 0 Å². The van der Waals surface area contributed by atoms with Crippen molar-refractivity contribution in [2.24, 2.45) is 0 Å². The SMILES string of the molecule is CC(=O)N1CCN(Cc2cc(C)c(C(=O)O)o2)CC1. The topological polar surface area (TPSA) is 74.0 Å². The van der Waals surface area contributed by atoms with Crippen LogP contribution in [0.4, 0.5) is 0 Å². The van der Waals surface area contributed by atoms with Gasteiger partial charge in [-0.15, -0.1) is 0 Å². The minimum atomic E-state index is -1.04. The normalized spacial score (nSPS) is 16.6. The molecule has 1 N–H and O–H groups in total. The zero-order valence-corrected chi connectivity index (χ0v) is 11.2. The van der Waals surface area contributed by atoms with E-state index in [0.717, 1.165) is 13.1 Å². The van der Waals surface area contributed by atoms with Crippen molar-refractivity contribution in [2.75, 3.05) is 26.2 Å². The largest absolute Gasteiger partial charge is 0.475 e. The number of amides is 1. The van der Waals surface area contributed by atoms with Gasteiger partial charge in [0.25, 0.3) is 0 Å². The first kappa shape index (κ1) is 13.6. The maximum Gasteiger partial charge on any atom is 0.372 e. The second kappa shape index (κ2) is 5.44. The Morgan fingerprint density at radius 2 is 1.95 bits per heavy atom. The maximum atomic E-state index is 11.2. The van der Waals surface area contributed by atoms with Crippen LogP contribution in [-0.2, 0) is 11.3 Å². The lowest BCUT2D eigenvalue weighted by Crippen LogP contribution is -2.47. The van der Waals surface area contributed by atoms with E-state index in [0.29, 0.717) is 31.0 Å². The van der Waals surface area contributed by atoms with Crippen molar-refractivity contribution in [3.05, 3.63) is 23.2 Å². The summed E-state index contributed by atoms with van der Waals surface area (Å²) in [4.78, 5) is 26.1. The summed E-state index contributed by atoms with van der Waals surface area (Å²) in [6.45, 7) is 6.86. The summed E-state index contributed by atoms with van der Waals surface area (Å²) in [7, 11) is 0. The van der Waals surface area contributed by atoms with Crippen LogP contribution in [0.15, 0.2) is 10.5 Å². The fourth-order valence-electron chi connectivity index (χ4n) is 2.28. The van der Waals surface area contributed by atoms with Crippen molar-refractivity contribution >= 4 is 11.9 Å². The van der Waals surface area contributed by atoms with E-state index in [1.807, 2.05) is 4.90 Å². The van der Waals surface area contributed by atoms with Crippen LogP contribution in [0.1, 0.15) is 28.8 Å². The number of carboxylic acid groups (broad SMARTS) is 1. The number of rotatable bonds is 3. The molecule has 0 atom stereocenters. The number of nitrogens with zero attached hydrogens (tertiary/aromatic N) is 2. The molecule has 0 unspecified atom stereocenters. The molecular weight excluding hydrogens is 248 g/mol. The predicted octanol–water partition coefficient (Wildman–Crippen LogP) is 0.950. The van der Waals surface area contributed by atoms with Crippen LogP contribution in [0.2, 0.25) is 0 Å². The number of carboxylic acids is 1. The highest BCUT2D eigenvalue weighted by atomic mass is 16.4. The van der Waals surface area contributed by atoms with Crippen molar-refractivity contribution in [1.82, 2.24) is 9.80 Å². The van der Waals surface area contributed by atoms with Crippen LogP contribution in [0, 0.1) is 6.92 Å². The van der Waals surface area contributed by atoms with Crippen LogP contribution in [-0.4, -0.2) is 53.0 Å². The van der Waals surface area contributed by atoms with Gasteiger partial charge in [-0.25, -0.2) is 4.79 Å². The lowest BCUT2D eigenvalue weighted by Gasteiger charge is -2.33. The fraction of sp³-hybridized carbons (Fsp3) is 0.538. The Hall–Kier alpha value is -1.82. The molecule has 1 aromatic rings. The molecule has 0 spiro atoms. The Balaban J connectivity index is 1.94. The van der Waals surface area contributed by atoms with Crippen molar-refractivity contribution < 1.29 is 19.1 Å². The molecule has 0 aromatic carbocycles. The van der Waals surface area contributed by atoms with Crippen molar-refractivity contribution in [2.45, 2.75) is 20.4 Å². The Kier molecular flexibility index (Phi) is 3.90. The fourth-order valence-corrected chi connectivity index (χ4v) is 2.28. The third-order valence-corrected chi connectivity index (χ3v) is 3.36. The quantitative estimate of drug-likeness (QED) is 0.881. The number of carbonyl (C=O) groups is 2. The Labute approximate surface area is 111 Å². The van der Waals surface area contributed by atoms with Crippen LogP contribution < -0.4 is 0 Å². The number of carbonyl (C=O) groups excluding carboxylic acids is 1. The molecule has 6 heteroatoms. The lowest BCUT2D eigenvalue weighted by molar-refractivity contribution is -0.130. The van der Waals surface area contributed by atoms with Gasteiger partial charge in [-0.1, -0.05) is 0 Å². The zero-order chi connectivity index (χ0) is 14.0. The van der Waals surface area contributed by atoms with Gasteiger partial charge in [0.05, 0.1) is 6.54 Å². The van der Waals surface area contributed by atoms with Gasteiger partial charge in [-0.05, 0) is 13.0 Å². The Morgan fingerprint density at radius 1 is 1.32 bits per heavy atom. The van der Waals surface area contributed by atoms with Gasteiger partial charge in [-0.2, -0.15) is 0 Å². The van der Waals surface area contributed by atoms with Gasteiger partial charge in [0, 0.05) is 38.7 Å². The molecule has 1 aliphatic heterocycles. The van der Waals surface area contributed by atoms with Crippen LogP contribution >= 0.6 is 0 Å². The molecule has 19 heavy (non-hydrogen) atoms. The number of piperazine rings is 1. The second-order valence-corrected chi connectivity index (χ2v) is 4.81. The van der Waals surface area contributed by atoms with E-state index in [9.17, 15) is 9.59 Å². The molecule has 0 radical (unpaired) electrons. The second-order valence-electron chi connectivity index (χ2n) is 4.81. The van der Waals surface area contributed by atoms with E-state index in [2.05, 4.69) is 4.90 Å². The third kappa shape index (κ3) is 3.14. The number of furan rings is 1. The van der Waals surface area contributed by atoms with Gasteiger partial charge in [0.15, 0.2) is 0 Å². The highest BCUT2D eigenvalue weighted by Crippen LogP contribution is 2.17. The van der Waals surface area contributed by atoms with E-state index in [-0.39, 0.29) is 11.7 Å². The third-order valence-electron chi connectivity index (χ3n) is 3.36. The van der Waals surface area contributed by atoms with E-state index >= 15 is 0 Å². The lowest BCUT2D eigenvalue weighted by atomic mass is 10.2. The Morgan fingerprint density at radius 3 is 2.42 bits per heavy atom. The molecular formula is C13H18N2O4. The standard InChI is InChI=1S/C13H18N2O4/c1-9-7-11(19-12(9)13(17)18)8-14-3-5-15(6-4-14)10(2)16/h7H,3-6,8H2,1-2H3,(H,17,18). The predicted molar refractivity (Wildman–Crippen MR) is 67.9 cm³/mol. The van der Waals surface area contributed by atoms with Crippen molar-refractivity contribution in [3.8, 4) is 0 Å².